The van der Waals surface area contributed by atoms with Gasteiger partial charge in [-0.05, 0) is 24.2 Å². The number of hydrogen-bond acceptors (Lipinski definition) is 2. The molecule has 62 valence electrons. The van der Waals surface area contributed by atoms with Gasteiger partial charge in [0.1, 0.15) is 0 Å². The van der Waals surface area contributed by atoms with Gasteiger partial charge in [-0.3, -0.25) is 0 Å². The van der Waals surface area contributed by atoms with Crippen LogP contribution in [0.25, 0.3) is 0 Å². The first-order chi connectivity index (χ1) is 5.21. The van der Waals surface area contributed by atoms with Crippen LogP contribution in [0.2, 0.25) is 0 Å². The van der Waals surface area contributed by atoms with Crippen molar-refractivity contribution in [1.82, 2.24) is 5.32 Å². The maximum absolute atomic E-state index is 8.31. The van der Waals surface area contributed by atoms with Gasteiger partial charge in [0, 0.05) is 6.54 Å². The van der Waals surface area contributed by atoms with Crippen molar-refractivity contribution in [2.75, 3.05) is 13.1 Å². The largest absolute Gasteiger partial charge is 0.304 e. The minimum absolute atomic E-state index is 0.495. The molecule has 0 bridgehead atoms. The summed E-state index contributed by atoms with van der Waals surface area (Å²) in [4.78, 5) is 0. The highest BCUT2D eigenvalue weighted by Gasteiger charge is 2.44. The molecular weight excluding hydrogens is 136 g/mol. The number of hydrogen-bond donors (Lipinski definition) is 1. The van der Waals surface area contributed by atoms with Crippen LogP contribution in [-0.4, -0.2) is 13.1 Å². The van der Waals surface area contributed by atoms with E-state index in [0.717, 1.165) is 12.5 Å². The second-order valence-electron chi connectivity index (χ2n) is 3.78. The highest BCUT2D eigenvalue weighted by atomic mass is 14.9. The lowest BCUT2D eigenvalue weighted by Crippen LogP contribution is -2.27. The second kappa shape index (κ2) is 3.23. The van der Waals surface area contributed by atoms with Crippen LogP contribution in [-0.2, 0) is 0 Å². The average molecular weight is 152 g/mol. The zero-order valence-electron chi connectivity index (χ0n) is 7.35. The Morgan fingerprint density at radius 3 is 2.55 bits per heavy atom. The molecule has 0 atom stereocenters. The first-order valence-electron chi connectivity index (χ1n) is 4.29. The van der Waals surface area contributed by atoms with Gasteiger partial charge in [-0.1, -0.05) is 13.8 Å². The van der Waals surface area contributed by atoms with Gasteiger partial charge >= 0.3 is 0 Å². The van der Waals surface area contributed by atoms with Gasteiger partial charge in [0.25, 0.3) is 0 Å². The normalized spacial score (nSPS) is 19.8. The van der Waals surface area contributed by atoms with Gasteiger partial charge in [0.2, 0.25) is 0 Å². The van der Waals surface area contributed by atoms with Crippen LogP contribution < -0.4 is 5.32 Å². The molecule has 11 heavy (non-hydrogen) atoms. The molecule has 1 saturated carbocycles. The summed E-state index contributed by atoms with van der Waals surface area (Å²) in [6, 6.07) is 2.10. The van der Waals surface area contributed by atoms with Crippen LogP contribution in [0.15, 0.2) is 0 Å². The predicted molar refractivity (Wildman–Crippen MR) is 45.0 cm³/mol. The molecule has 1 aliphatic carbocycles. The molecule has 1 rings (SSSR count). The number of nitrogens with one attached hydrogen (secondary N) is 1. The molecule has 2 heteroatoms. The topological polar surface area (TPSA) is 35.8 Å². The summed E-state index contributed by atoms with van der Waals surface area (Å²) in [6.45, 7) is 6.05. The van der Waals surface area contributed by atoms with Crippen molar-refractivity contribution in [3.8, 4) is 6.07 Å². The predicted octanol–water partition coefficient (Wildman–Crippen LogP) is 1.54. The maximum Gasteiger partial charge on any atom is 0.0841 e. The van der Waals surface area contributed by atoms with Crippen LogP contribution in [0.1, 0.15) is 26.7 Å². The fraction of sp³-hybridized carbons (Fsp3) is 0.889. The highest BCUT2D eigenvalue weighted by molar-refractivity contribution is 4.97. The maximum atomic E-state index is 8.31. The molecule has 0 radical (unpaired) electrons. The smallest absolute Gasteiger partial charge is 0.0841 e. The highest BCUT2D eigenvalue weighted by Crippen LogP contribution is 2.51. The Labute approximate surface area is 68.6 Å². The molecular formula is C9H16N2. The molecule has 1 aliphatic rings. The van der Waals surface area contributed by atoms with E-state index in [9.17, 15) is 0 Å². The van der Waals surface area contributed by atoms with Crippen molar-refractivity contribution in [1.29, 1.82) is 5.26 Å². The zero-order chi connectivity index (χ0) is 8.32. The van der Waals surface area contributed by atoms with E-state index in [4.69, 9.17) is 5.26 Å². The Balaban J connectivity index is 2.21. The lowest BCUT2D eigenvalue weighted by Gasteiger charge is -2.18. The lowest BCUT2D eigenvalue weighted by atomic mass is 9.92. The number of nitrogens with zero attached hydrogens (tertiary/aromatic N) is 1. The average Bonchev–Trinajstić information content (AvgIpc) is 2.70. The van der Waals surface area contributed by atoms with E-state index in [2.05, 4.69) is 25.2 Å². The van der Waals surface area contributed by atoms with Gasteiger partial charge in [-0.25, -0.2) is 0 Å². The first-order valence-corrected chi connectivity index (χ1v) is 4.29. The lowest BCUT2D eigenvalue weighted by molar-refractivity contribution is 0.344. The van der Waals surface area contributed by atoms with Crippen molar-refractivity contribution < 1.29 is 0 Å². The van der Waals surface area contributed by atoms with Gasteiger partial charge in [0.05, 0.1) is 12.6 Å². The van der Waals surface area contributed by atoms with E-state index in [0.29, 0.717) is 12.0 Å². The van der Waals surface area contributed by atoms with Crippen LogP contribution in [0, 0.1) is 22.7 Å². The summed E-state index contributed by atoms with van der Waals surface area (Å²) < 4.78 is 0. The molecule has 0 aromatic carbocycles. The van der Waals surface area contributed by atoms with Crippen LogP contribution in [0.4, 0.5) is 0 Å². The van der Waals surface area contributed by atoms with Crippen molar-refractivity contribution in [2.45, 2.75) is 26.7 Å². The minimum Gasteiger partial charge on any atom is -0.304 e. The quantitative estimate of drug-likeness (QED) is 0.490. The van der Waals surface area contributed by atoms with Crippen LogP contribution in [0.5, 0.6) is 0 Å². The van der Waals surface area contributed by atoms with Crippen molar-refractivity contribution >= 4 is 0 Å². The first kappa shape index (κ1) is 8.55. The fourth-order valence-corrected chi connectivity index (χ4v) is 1.49. The Hall–Kier alpha value is -0.550. The third-order valence-electron chi connectivity index (χ3n) is 2.80. The second-order valence-corrected chi connectivity index (χ2v) is 3.78. The van der Waals surface area contributed by atoms with E-state index in [1.54, 1.807) is 0 Å². The van der Waals surface area contributed by atoms with Crippen molar-refractivity contribution in [3.05, 3.63) is 0 Å². The van der Waals surface area contributed by atoms with E-state index >= 15 is 0 Å². The van der Waals surface area contributed by atoms with E-state index in [-0.39, 0.29) is 0 Å². The number of rotatable bonds is 4. The number of nitriles is 1. The van der Waals surface area contributed by atoms with Crippen LogP contribution >= 0.6 is 0 Å². The Bertz CT molecular complexity index is 163. The molecule has 0 unspecified atom stereocenters. The molecule has 0 amide bonds. The monoisotopic (exact) mass is 152 g/mol. The molecule has 0 heterocycles. The third kappa shape index (κ3) is 1.94. The summed E-state index contributed by atoms with van der Waals surface area (Å²) in [5.74, 6) is 0.758. The van der Waals surface area contributed by atoms with Crippen molar-refractivity contribution in [2.24, 2.45) is 11.3 Å². The minimum atomic E-state index is 0.495. The molecule has 1 N–H and O–H groups in total. The van der Waals surface area contributed by atoms with E-state index < -0.39 is 0 Å². The molecule has 1 fully saturated rings. The SMILES string of the molecule is CC(C)C1(CNCC#N)CC1. The van der Waals surface area contributed by atoms with Gasteiger partial charge < -0.3 is 5.32 Å². The third-order valence-corrected chi connectivity index (χ3v) is 2.80. The fourth-order valence-electron chi connectivity index (χ4n) is 1.49. The van der Waals surface area contributed by atoms with Crippen LogP contribution in [0.3, 0.4) is 0 Å². The van der Waals surface area contributed by atoms with Gasteiger partial charge in [-0.2, -0.15) is 5.26 Å². The summed E-state index contributed by atoms with van der Waals surface area (Å²) in [5, 5.41) is 11.5. The molecule has 2 nitrogen and oxygen atoms in total. The van der Waals surface area contributed by atoms with Crippen molar-refractivity contribution in [3.63, 3.8) is 0 Å². The molecule has 0 aromatic heterocycles. The molecule has 0 spiro atoms. The van der Waals surface area contributed by atoms with E-state index in [1.807, 2.05) is 0 Å². The Kier molecular flexibility index (Phi) is 2.51. The Morgan fingerprint density at radius 2 is 2.18 bits per heavy atom. The molecule has 0 aromatic rings. The summed E-state index contributed by atoms with van der Waals surface area (Å²) in [6.07, 6.45) is 2.67. The standard InChI is InChI=1S/C9H16N2/c1-8(2)9(3-4-9)7-11-6-5-10/h8,11H,3-4,6-7H2,1-2H3. The van der Waals surface area contributed by atoms with Gasteiger partial charge in [-0.15, -0.1) is 0 Å². The summed E-state index contributed by atoms with van der Waals surface area (Å²) >= 11 is 0. The molecule has 0 saturated heterocycles. The zero-order valence-corrected chi connectivity index (χ0v) is 7.35. The Morgan fingerprint density at radius 1 is 1.55 bits per heavy atom. The molecule has 0 aliphatic heterocycles. The van der Waals surface area contributed by atoms with E-state index in [1.165, 1.54) is 12.8 Å². The summed E-state index contributed by atoms with van der Waals surface area (Å²) in [7, 11) is 0. The van der Waals surface area contributed by atoms with Gasteiger partial charge in [0.15, 0.2) is 0 Å². The summed E-state index contributed by atoms with van der Waals surface area (Å²) in [5.41, 5.74) is 0.539.